The second-order valence-corrected chi connectivity index (χ2v) is 7.06. The Labute approximate surface area is 145 Å². The van der Waals surface area contributed by atoms with Crippen LogP contribution < -0.4 is 10.6 Å². The molecule has 0 aliphatic heterocycles. The van der Waals surface area contributed by atoms with E-state index >= 15 is 0 Å². The molecule has 0 fully saturated rings. The molecule has 0 saturated carbocycles. The number of hydrogen-bond donors (Lipinski definition) is 2. The molecule has 1 atom stereocenters. The van der Waals surface area contributed by atoms with E-state index in [1.807, 2.05) is 19.1 Å². The third-order valence-electron chi connectivity index (χ3n) is 3.51. The van der Waals surface area contributed by atoms with E-state index in [0.29, 0.717) is 4.88 Å². The van der Waals surface area contributed by atoms with Crippen LogP contribution >= 0.6 is 11.3 Å². The van der Waals surface area contributed by atoms with Crippen molar-refractivity contribution in [2.75, 3.05) is 13.2 Å². The van der Waals surface area contributed by atoms with Crippen LogP contribution in [0.25, 0.3) is 0 Å². The fraction of sp³-hybridized carbons (Fsp3) is 0.500. The van der Waals surface area contributed by atoms with Crippen LogP contribution in [0.4, 0.5) is 0 Å². The van der Waals surface area contributed by atoms with E-state index in [1.165, 1.54) is 11.3 Å². The fourth-order valence-corrected chi connectivity index (χ4v) is 2.40. The fourth-order valence-electron chi connectivity index (χ4n) is 1.62. The van der Waals surface area contributed by atoms with Crippen molar-refractivity contribution in [3.8, 4) is 6.07 Å². The number of carbonyl (C=O) groups excluding carboxylic acids is 3. The molecule has 7 nitrogen and oxygen atoms in total. The summed E-state index contributed by atoms with van der Waals surface area (Å²) in [6, 6.07) is 5.51. The first-order valence-electron chi connectivity index (χ1n) is 7.40. The van der Waals surface area contributed by atoms with Gasteiger partial charge in [0.25, 0.3) is 11.8 Å². The summed E-state index contributed by atoms with van der Waals surface area (Å²) in [6.07, 6.45) is 0. The maximum atomic E-state index is 11.8. The van der Waals surface area contributed by atoms with Gasteiger partial charge in [0.15, 0.2) is 6.61 Å². The molecule has 8 heteroatoms. The third-order valence-corrected chi connectivity index (χ3v) is 4.51. The highest BCUT2D eigenvalue weighted by molar-refractivity contribution is 7.13. The van der Waals surface area contributed by atoms with Crippen LogP contribution in [0.1, 0.15) is 35.3 Å². The monoisotopic (exact) mass is 351 g/mol. The summed E-state index contributed by atoms with van der Waals surface area (Å²) in [5.74, 6) is -1.77. The zero-order valence-corrected chi connectivity index (χ0v) is 15.0. The Bertz CT molecular complexity index is 663. The lowest BCUT2D eigenvalue weighted by Crippen LogP contribution is -2.50. The predicted molar refractivity (Wildman–Crippen MR) is 89.3 cm³/mol. The molecule has 1 aromatic rings. The molecule has 1 heterocycles. The Morgan fingerprint density at radius 3 is 2.54 bits per heavy atom. The van der Waals surface area contributed by atoms with Gasteiger partial charge in [-0.15, -0.1) is 11.3 Å². The third kappa shape index (κ3) is 5.66. The Kier molecular flexibility index (Phi) is 6.92. The molecule has 0 aliphatic carbocycles. The first kappa shape index (κ1) is 19.6. The smallest absolute Gasteiger partial charge is 0.325 e. The van der Waals surface area contributed by atoms with Gasteiger partial charge in [0.1, 0.15) is 12.1 Å². The second-order valence-electron chi connectivity index (χ2n) is 5.77. The van der Waals surface area contributed by atoms with E-state index in [1.54, 1.807) is 26.8 Å². The lowest BCUT2D eigenvalue weighted by Gasteiger charge is -2.27. The van der Waals surface area contributed by atoms with E-state index in [9.17, 15) is 14.4 Å². The molecule has 0 spiro atoms. The predicted octanol–water partition coefficient (Wildman–Crippen LogP) is 1.38. The van der Waals surface area contributed by atoms with Crippen molar-refractivity contribution in [3.05, 3.63) is 21.9 Å². The van der Waals surface area contributed by atoms with Crippen LogP contribution in [-0.2, 0) is 14.3 Å². The molecule has 0 radical (unpaired) electrons. The summed E-state index contributed by atoms with van der Waals surface area (Å²) in [6.45, 7) is 6.25. The molecule has 1 unspecified atom stereocenters. The van der Waals surface area contributed by atoms with Crippen LogP contribution in [0.5, 0.6) is 0 Å². The van der Waals surface area contributed by atoms with Crippen molar-refractivity contribution in [2.45, 2.75) is 33.2 Å². The molecule has 0 aliphatic rings. The number of ether oxygens (including phenoxy) is 1. The number of thiophene rings is 1. The van der Waals surface area contributed by atoms with Crippen LogP contribution in [0, 0.1) is 24.2 Å². The van der Waals surface area contributed by atoms with Gasteiger partial charge >= 0.3 is 5.97 Å². The Hall–Kier alpha value is -2.40. The Balaban J connectivity index is 2.37. The molecule has 130 valence electrons. The van der Waals surface area contributed by atoms with Crippen LogP contribution in [0.3, 0.4) is 0 Å². The van der Waals surface area contributed by atoms with Crippen molar-refractivity contribution in [2.24, 2.45) is 5.92 Å². The number of nitrogens with zero attached hydrogens (tertiary/aromatic N) is 1. The van der Waals surface area contributed by atoms with Gasteiger partial charge in [0.2, 0.25) is 0 Å². The van der Waals surface area contributed by atoms with E-state index in [2.05, 4.69) is 10.6 Å². The molecule has 2 N–H and O–H groups in total. The summed E-state index contributed by atoms with van der Waals surface area (Å²) in [5.41, 5.74) is -1.03. The van der Waals surface area contributed by atoms with E-state index in [0.717, 1.165) is 4.88 Å². The van der Waals surface area contributed by atoms with Crippen LogP contribution in [0.2, 0.25) is 0 Å². The summed E-state index contributed by atoms with van der Waals surface area (Å²) in [7, 11) is 0. The van der Waals surface area contributed by atoms with Gasteiger partial charge in [-0.3, -0.25) is 14.4 Å². The van der Waals surface area contributed by atoms with Gasteiger partial charge in [-0.25, -0.2) is 0 Å². The number of esters is 1. The standard InChI is InChI=1S/C16H21N3O4S/c1-10(2)16(4,9-17)19-13(20)8-23-14(21)7-18-15(22)12-6-5-11(3)24-12/h5-6,10H,7-8H2,1-4H3,(H,18,22)(H,19,20). The van der Waals surface area contributed by atoms with Crippen molar-refractivity contribution in [1.29, 1.82) is 5.26 Å². The summed E-state index contributed by atoms with van der Waals surface area (Å²) in [5, 5.41) is 14.1. The molecule has 1 rings (SSSR count). The first-order valence-corrected chi connectivity index (χ1v) is 8.22. The minimum atomic E-state index is -1.03. The van der Waals surface area contributed by atoms with Crippen LogP contribution in [0.15, 0.2) is 12.1 Å². The number of nitrogens with one attached hydrogen (secondary N) is 2. The topological polar surface area (TPSA) is 108 Å². The number of nitriles is 1. The van der Waals surface area contributed by atoms with Crippen molar-refractivity contribution < 1.29 is 19.1 Å². The van der Waals surface area contributed by atoms with E-state index in [-0.39, 0.29) is 18.4 Å². The molecule has 0 bridgehead atoms. The highest BCUT2D eigenvalue weighted by Crippen LogP contribution is 2.15. The van der Waals surface area contributed by atoms with Crippen molar-refractivity contribution in [1.82, 2.24) is 10.6 Å². The van der Waals surface area contributed by atoms with E-state index in [4.69, 9.17) is 10.00 Å². The molecule has 1 aromatic heterocycles. The molecule has 0 aromatic carbocycles. The number of rotatable bonds is 7. The number of carbonyl (C=O) groups is 3. The second kappa shape index (κ2) is 8.45. The minimum Gasteiger partial charge on any atom is -0.454 e. The lowest BCUT2D eigenvalue weighted by molar-refractivity contribution is -0.147. The Morgan fingerprint density at radius 1 is 1.38 bits per heavy atom. The minimum absolute atomic E-state index is 0.101. The van der Waals surface area contributed by atoms with Crippen LogP contribution in [-0.4, -0.2) is 36.5 Å². The van der Waals surface area contributed by atoms with E-state index < -0.39 is 24.0 Å². The number of aryl methyl sites for hydroxylation is 1. The zero-order chi connectivity index (χ0) is 18.3. The van der Waals surface area contributed by atoms with Gasteiger partial charge in [-0.05, 0) is 31.9 Å². The summed E-state index contributed by atoms with van der Waals surface area (Å²) < 4.78 is 4.79. The summed E-state index contributed by atoms with van der Waals surface area (Å²) >= 11 is 1.32. The quantitative estimate of drug-likeness (QED) is 0.722. The molecular weight excluding hydrogens is 330 g/mol. The number of hydrogen-bond acceptors (Lipinski definition) is 6. The van der Waals surface area contributed by atoms with Gasteiger partial charge in [-0.1, -0.05) is 13.8 Å². The zero-order valence-electron chi connectivity index (χ0n) is 14.1. The first-order chi connectivity index (χ1) is 11.2. The summed E-state index contributed by atoms with van der Waals surface area (Å²) in [4.78, 5) is 36.6. The molecule has 0 saturated heterocycles. The lowest BCUT2D eigenvalue weighted by atomic mass is 9.90. The maximum absolute atomic E-state index is 11.8. The van der Waals surface area contributed by atoms with Gasteiger partial charge < -0.3 is 15.4 Å². The van der Waals surface area contributed by atoms with Gasteiger partial charge in [0.05, 0.1) is 10.9 Å². The van der Waals surface area contributed by atoms with Crippen molar-refractivity contribution >= 4 is 29.1 Å². The van der Waals surface area contributed by atoms with Gasteiger partial charge in [0, 0.05) is 4.88 Å². The van der Waals surface area contributed by atoms with Crippen molar-refractivity contribution in [3.63, 3.8) is 0 Å². The van der Waals surface area contributed by atoms with Gasteiger partial charge in [-0.2, -0.15) is 5.26 Å². The molecule has 2 amide bonds. The average molecular weight is 351 g/mol. The highest BCUT2D eigenvalue weighted by atomic mass is 32.1. The Morgan fingerprint density at radius 2 is 2.04 bits per heavy atom. The average Bonchev–Trinajstić information content (AvgIpc) is 2.96. The largest absolute Gasteiger partial charge is 0.454 e. The molecule has 24 heavy (non-hydrogen) atoms. The molecular formula is C16H21N3O4S. The maximum Gasteiger partial charge on any atom is 0.325 e. The normalized spacial score (nSPS) is 12.8. The highest BCUT2D eigenvalue weighted by Gasteiger charge is 2.30. The number of amides is 2. The SMILES string of the molecule is Cc1ccc(C(=O)NCC(=O)OCC(=O)NC(C)(C#N)C(C)C)s1.